The Bertz CT molecular complexity index is 1840. The number of rotatable bonds is 13. The van der Waals surface area contributed by atoms with Gasteiger partial charge in [0.05, 0.1) is 17.9 Å². The number of anilines is 1. The number of aryl methyl sites for hydroxylation is 1. The first-order chi connectivity index (χ1) is 24.1. The van der Waals surface area contributed by atoms with Crippen LogP contribution in [0.5, 0.6) is 0 Å². The van der Waals surface area contributed by atoms with Gasteiger partial charge in [-0.05, 0) is 87.8 Å². The third kappa shape index (κ3) is 10.4. The Morgan fingerprint density at radius 1 is 1.10 bits per heavy atom. The van der Waals surface area contributed by atoms with Crippen molar-refractivity contribution in [2.45, 2.75) is 78.6 Å². The zero-order valence-electron chi connectivity index (χ0n) is 30.8. The summed E-state index contributed by atoms with van der Waals surface area (Å²) in [7, 11) is 4.02. The largest absolute Gasteiger partial charge is 0.494 e. The maximum Gasteiger partial charge on any atom is 0.228 e. The van der Waals surface area contributed by atoms with Gasteiger partial charge in [0.1, 0.15) is 17.4 Å². The number of benzene rings is 1. The Kier molecular flexibility index (Phi) is 14.4. The van der Waals surface area contributed by atoms with E-state index in [1.54, 1.807) is 12.2 Å². The van der Waals surface area contributed by atoms with Crippen molar-refractivity contribution in [2.75, 3.05) is 32.1 Å². The van der Waals surface area contributed by atoms with Crippen LogP contribution in [0.4, 0.5) is 5.82 Å². The van der Waals surface area contributed by atoms with Crippen LogP contribution in [0.2, 0.25) is 0 Å². The van der Waals surface area contributed by atoms with E-state index in [4.69, 9.17) is 4.74 Å². The second-order valence-corrected chi connectivity index (χ2v) is 13.3. The first-order valence-electron chi connectivity index (χ1n) is 18.1. The van der Waals surface area contributed by atoms with Gasteiger partial charge in [-0.2, -0.15) is 0 Å². The molecule has 1 unspecified atom stereocenters. The molecule has 0 spiro atoms. The number of carbonyl (C=O) groups excluding carboxylic acids is 2. The molecule has 1 aromatic carbocycles. The first kappa shape index (κ1) is 38.1. The molecule has 1 amide bonds. The van der Waals surface area contributed by atoms with Crippen molar-refractivity contribution in [1.29, 1.82) is 0 Å². The average Bonchev–Trinajstić information content (AvgIpc) is 3.41. The number of aromatic nitrogens is 3. The summed E-state index contributed by atoms with van der Waals surface area (Å²) >= 11 is 0. The number of fused-ring (bicyclic) bond motifs is 2. The Morgan fingerprint density at radius 3 is 2.54 bits per heavy atom. The standard InChI is InChI=1S/C30H40N2O3.C12H15N3/c1-5-22-13-15-23(16-14-22)19-32-30(34)26(27-20-31-28-11-9-8-10-25(27)28)18-29(33)21(4)12-17-24(6-2)35-7-3;1-9-13-11-8-6-4-5-7-10(11)12(14-9)15(2)3/h6,8-12,17,20,22-23,26,31H,4-5,7,13-16,18-19H2,1-3H3,(H,32,34);4,6-8H,5H2,1-3H3/b17-12-,24-6+;. The van der Waals surface area contributed by atoms with E-state index < -0.39 is 5.92 Å². The fourth-order valence-corrected chi connectivity index (χ4v) is 6.60. The molecule has 2 aromatic heterocycles. The van der Waals surface area contributed by atoms with Crippen LogP contribution < -0.4 is 20.8 Å². The fourth-order valence-electron chi connectivity index (χ4n) is 6.60. The molecule has 2 heterocycles. The summed E-state index contributed by atoms with van der Waals surface area (Å²) in [5, 5.41) is 6.30. The van der Waals surface area contributed by atoms with Crippen LogP contribution in [-0.4, -0.2) is 53.9 Å². The summed E-state index contributed by atoms with van der Waals surface area (Å²) in [4.78, 5) is 40.8. The lowest BCUT2D eigenvalue weighted by molar-refractivity contribution is -0.125. The van der Waals surface area contributed by atoms with E-state index >= 15 is 0 Å². The van der Waals surface area contributed by atoms with Crippen molar-refractivity contribution in [1.82, 2.24) is 20.3 Å². The second-order valence-electron chi connectivity index (χ2n) is 13.3. The zero-order valence-corrected chi connectivity index (χ0v) is 30.8. The number of allylic oxidation sites excluding steroid dienone is 6. The van der Waals surface area contributed by atoms with Gasteiger partial charge in [-0.3, -0.25) is 9.59 Å². The third-order valence-electron chi connectivity index (χ3n) is 9.55. The molecular weight excluding hydrogens is 622 g/mol. The number of ether oxygens (including phenoxy) is 1. The predicted octanol–water partition coefficient (Wildman–Crippen LogP) is 6.97. The molecule has 2 aliphatic rings. The first-order valence-corrected chi connectivity index (χ1v) is 18.1. The minimum Gasteiger partial charge on any atom is -0.494 e. The highest BCUT2D eigenvalue weighted by Gasteiger charge is 2.28. The van der Waals surface area contributed by atoms with Crippen LogP contribution in [0.25, 0.3) is 23.1 Å². The SMILES string of the molecule is C=C(/C=C\C(=C/C)OCC)C(=O)CC(C(=O)NCC1CCC(CC)CC1)c1c[nH]c2ccccc12.Cc1nc(N(C)C)c2c(n1)=CC=CCC=2. The number of amides is 1. The normalized spacial score (nSPS) is 17.8. The number of carbonyl (C=O) groups is 2. The van der Waals surface area contributed by atoms with Crippen LogP contribution in [-0.2, 0) is 14.3 Å². The number of ketones is 1. The van der Waals surface area contributed by atoms with E-state index in [0.29, 0.717) is 30.4 Å². The van der Waals surface area contributed by atoms with E-state index in [0.717, 1.165) is 63.9 Å². The maximum atomic E-state index is 13.5. The monoisotopic (exact) mass is 677 g/mol. The number of nitrogens with zero attached hydrogens (tertiary/aromatic N) is 3. The minimum absolute atomic E-state index is 0.0687. The molecule has 1 atom stereocenters. The lowest BCUT2D eigenvalue weighted by atomic mass is 9.81. The van der Waals surface area contributed by atoms with Crippen molar-refractivity contribution in [3.63, 3.8) is 0 Å². The molecule has 50 heavy (non-hydrogen) atoms. The highest BCUT2D eigenvalue weighted by Crippen LogP contribution is 2.32. The van der Waals surface area contributed by atoms with Gasteiger partial charge in [0.15, 0.2) is 5.78 Å². The summed E-state index contributed by atoms with van der Waals surface area (Å²) < 4.78 is 5.50. The minimum atomic E-state index is -0.580. The highest BCUT2D eigenvalue weighted by molar-refractivity contribution is 6.02. The molecular formula is C42H55N5O3. The Hall–Kier alpha value is -4.72. The third-order valence-corrected chi connectivity index (χ3v) is 9.55. The van der Waals surface area contributed by atoms with E-state index in [2.05, 4.69) is 45.9 Å². The molecule has 8 nitrogen and oxygen atoms in total. The van der Waals surface area contributed by atoms with E-state index in [9.17, 15) is 9.59 Å². The van der Waals surface area contributed by atoms with Crippen molar-refractivity contribution in [3.8, 4) is 0 Å². The van der Waals surface area contributed by atoms with Crippen LogP contribution in [0.1, 0.15) is 83.0 Å². The number of aromatic amines is 1. The van der Waals surface area contributed by atoms with Crippen molar-refractivity contribution < 1.29 is 14.3 Å². The average molecular weight is 678 g/mol. The van der Waals surface area contributed by atoms with Crippen LogP contribution in [0.15, 0.2) is 78.8 Å². The van der Waals surface area contributed by atoms with E-state index in [-0.39, 0.29) is 18.1 Å². The summed E-state index contributed by atoms with van der Waals surface area (Å²) in [6.45, 7) is 13.2. The van der Waals surface area contributed by atoms with Crippen molar-refractivity contribution >= 4 is 40.6 Å². The number of para-hydroxylation sites is 1. The zero-order chi connectivity index (χ0) is 36.0. The molecule has 0 bridgehead atoms. The highest BCUT2D eigenvalue weighted by atomic mass is 16.5. The van der Waals surface area contributed by atoms with Gasteiger partial charge in [0.2, 0.25) is 5.91 Å². The number of Topliss-reactive ketones (excluding diaryl/α,β-unsaturated/α-hetero) is 1. The molecule has 0 saturated heterocycles. The lowest BCUT2D eigenvalue weighted by Gasteiger charge is -2.28. The van der Waals surface area contributed by atoms with E-state index in [1.165, 1.54) is 19.3 Å². The number of nitrogens with one attached hydrogen (secondary N) is 2. The molecule has 2 aliphatic carbocycles. The molecule has 2 N–H and O–H groups in total. The molecule has 3 aromatic rings. The molecule has 0 radical (unpaired) electrons. The Labute approximate surface area is 297 Å². The lowest BCUT2D eigenvalue weighted by Crippen LogP contribution is -2.35. The van der Waals surface area contributed by atoms with Crippen molar-refractivity contribution in [3.05, 3.63) is 101 Å². The molecule has 266 valence electrons. The van der Waals surface area contributed by atoms with Gasteiger partial charge < -0.3 is 19.9 Å². The second kappa shape index (κ2) is 18.9. The predicted molar refractivity (Wildman–Crippen MR) is 206 cm³/mol. The summed E-state index contributed by atoms with van der Waals surface area (Å²) in [5.74, 6) is 3.01. The summed E-state index contributed by atoms with van der Waals surface area (Å²) in [5.41, 5.74) is 2.17. The smallest absolute Gasteiger partial charge is 0.228 e. The van der Waals surface area contributed by atoms with Crippen molar-refractivity contribution in [2.24, 2.45) is 11.8 Å². The molecule has 1 fully saturated rings. The maximum absolute atomic E-state index is 13.5. The van der Waals surface area contributed by atoms with Gasteiger partial charge >= 0.3 is 0 Å². The van der Waals surface area contributed by atoms with Gasteiger partial charge in [0.25, 0.3) is 0 Å². The van der Waals surface area contributed by atoms with Gasteiger partial charge in [-0.1, -0.05) is 69.2 Å². The van der Waals surface area contributed by atoms with Crippen LogP contribution in [0, 0.1) is 18.8 Å². The molecule has 8 heteroatoms. The number of H-pyrrole nitrogens is 1. The van der Waals surface area contributed by atoms with Gasteiger partial charge in [-0.15, -0.1) is 0 Å². The summed E-state index contributed by atoms with van der Waals surface area (Å²) in [6.07, 6.45) is 22.5. The van der Waals surface area contributed by atoms with E-state index in [1.807, 2.05) is 88.5 Å². The quantitative estimate of drug-likeness (QED) is 0.115. The molecule has 1 saturated carbocycles. The Balaban J connectivity index is 0.000000310. The van der Waals surface area contributed by atoms with Gasteiger partial charge in [0, 0.05) is 55.0 Å². The number of hydrogen-bond donors (Lipinski definition) is 2. The Morgan fingerprint density at radius 2 is 1.84 bits per heavy atom. The molecule has 5 rings (SSSR count). The fraction of sp³-hybridized carbons (Fsp3) is 0.429. The number of hydrogen-bond acceptors (Lipinski definition) is 6. The topological polar surface area (TPSA) is 100 Å². The summed E-state index contributed by atoms with van der Waals surface area (Å²) in [6, 6.07) is 7.89. The molecule has 0 aliphatic heterocycles. The van der Waals surface area contributed by atoms with Crippen LogP contribution >= 0.6 is 0 Å². The van der Waals surface area contributed by atoms with Crippen LogP contribution in [0.3, 0.4) is 0 Å². The van der Waals surface area contributed by atoms with Gasteiger partial charge in [-0.25, -0.2) is 9.97 Å².